The van der Waals surface area contributed by atoms with E-state index in [1.807, 2.05) is 48.5 Å². The first-order valence-electron chi connectivity index (χ1n) is 7.71. The zero-order valence-corrected chi connectivity index (χ0v) is 14.4. The molecule has 0 saturated heterocycles. The van der Waals surface area contributed by atoms with Crippen LogP contribution in [-0.2, 0) is 17.9 Å². The highest BCUT2D eigenvalue weighted by molar-refractivity contribution is 6.31. The topological polar surface area (TPSA) is 53.4 Å². The largest absolute Gasteiger partial charge is 0.497 e. The van der Waals surface area contributed by atoms with E-state index in [2.05, 4.69) is 5.10 Å². The SMILES string of the molecule is COc1ccc(COC(=O)c2cnn(Cc3ccccc3Cl)c2)cc1. The third-order valence-corrected chi connectivity index (χ3v) is 4.06. The van der Waals surface area contributed by atoms with Gasteiger partial charge in [-0.1, -0.05) is 41.9 Å². The van der Waals surface area contributed by atoms with Crippen LogP contribution in [0.1, 0.15) is 21.5 Å². The molecule has 25 heavy (non-hydrogen) atoms. The number of carbonyl (C=O) groups is 1. The Kier molecular flexibility index (Phi) is 5.36. The number of esters is 1. The highest BCUT2D eigenvalue weighted by atomic mass is 35.5. The molecular formula is C19H17ClN2O3. The summed E-state index contributed by atoms with van der Waals surface area (Å²) in [5, 5.41) is 4.86. The molecule has 0 atom stereocenters. The highest BCUT2D eigenvalue weighted by Gasteiger charge is 2.11. The van der Waals surface area contributed by atoms with Gasteiger partial charge >= 0.3 is 5.97 Å². The van der Waals surface area contributed by atoms with Crippen molar-refractivity contribution in [3.05, 3.63) is 82.6 Å². The summed E-state index contributed by atoms with van der Waals surface area (Å²) in [4.78, 5) is 12.1. The van der Waals surface area contributed by atoms with E-state index in [0.717, 1.165) is 16.9 Å². The van der Waals surface area contributed by atoms with Crippen molar-refractivity contribution in [2.24, 2.45) is 0 Å². The van der Waals surface area contributed by atoms with Crippen LogP contribution >= 0.6 is 11.6 Å². The number of aromatic nitrogens is 2. The zero-order chi connectivity index (χ0) is 17.6. The molecule has 1 aromatic heterocycles. The molecule has 0 aliphatic heterocycles. The molecule has 0 saturated carbocycles. The van der Waals surface area contributed by atoms with Gasteiger partial charge in [-0.05, 0) is 29.3 Å². The minimum Gasteiger partial charge on any atom is -0.497 e. The molecule has 0 bridgehead atoms. The van der Waals surface area contributed by atoms with Gasteiger partial charge in [0.1, 0.15) is 12.4 Å². The van der Waals surface area contributed by atoms with Crippen molar-refractivity contribution in [3.63, 3.8) is 0 Å². The fourth-order valence-corrected chi connectivity index (χ4v) is 2.51. The molecule has 0 unspecified atom stereocenters. The number of rotatable bonds is 6. The van der Waals surface area contributed by atoms with Crippen LogP contribution in [0.3, 0.4) is 0 Å². The third-order valence-electron chi connectivity index (χ3n) is 3.69. The van der Waals surface area contributed by atoms with E-state index in [9.17, 15) is 4.79 Å². The van der Waals surface area contributed by atoms with E-state index < -0.39 is 5.97 Å². The summed E-state index contributed by atoms with van der Waals surface area (Å²) in [6.45, 7) is 0.684. The van der Waals surface area contributed by atoms with Crippen LogP contribution in [0.2, 0.25) is 5.02 Å². The van der Waals surface area contributed by atoms with Crippen molar-refractivity contribution in [2.75, 3.05) is 7.11 Å². The molecule has 1 heterocycles. The van der Waals surface area contributed by atoms with Crippen LogP contribution in [0, 0.1) is 0 Å². The predicted molar refractivity (Wildman–Crippen MR) is 94.9 cm³/mol. The molecule has 6 heteroatoms. The van der Waals surface area contributed by atoms with Gasteiger partial charge in [-0.15, -0.1) is 0 Å². The number of benzene rings is 2. The standard InChI is InChI=1S/C19H17ClN2O3/c1-24-17-8-6-14(7-9-17)13-25-19(23)16-10-21-22(12-16)11-15-4-2-3-5-18(15)20/h2-10,12H,11,13H2,1H3. The van der Waals surface area contributed by atoms with Gasteiger partial charge in [0.05, 0.1) is 25.4 Å². The van der Waals surface area contributed by atoms with Crippen LogP contribution in [0.25, 0.3) is 0 Å². The number of hydrogen-bond acceptors (Lipinski definition) is 4. The Labute approximate surface area is 150 Å². The molecule has 3 rings (SSSR count). The maximum absolute atomic E-state index is 12.1. The summed E-state index contributed by atoms with van der Waals surface area (Å²) < 4.78 is 12.1. The monoisotopic (exact) mass is 356 g/mol. The summed E-state index contributed by atoms with van der Waals surface area (Å²) in [5.74, 6) is 0.345. The maximum atomic E-state index is 12.1. The Bertz CT molecular complexity index is 859. The normalized spacial score (nSPS) is 10.5. The van der Waals surface area contributed by atoms with Crippen molar-refractivity contribution in [2.45, 2.75) is 13.2 Å². The molecule has 0 N–H and O–H groups in total. The molecule has 0 fully saturated rings. The van der Waals surface area contributed by atoms with Gasteiger partial charge in [0.2, 0.25) is 0 Å². The molecule has 0 aliphatic rings. The first-order chi connectivity index (χ1) is 12.2. The molecule has 128 valence electrons. The van der Waals surface area contributed by atoms with Gasteiger partial charge in [0.25, 0.3) is 0 Å². The lowest BCUT2D eigenvalue weighted by atomic mass is 10.2. The van der Waals surface area contributed by atoms with Gasteiger partial charge in [0, 0.05) is 11.2 Å². The van der Waals surface area contributed by atoms with E-state index >= 15 is 0 Å². The summed E-state index contributed by atoms with van der Waals surface area (Å²) in [6, 6.07) is 14.9. The Morgan fingerprint density at radius 2 is 1.92 bits per heavy atom. The number of nitrogens with zero attached hydrogens (tertiary/aromatic N) is 2. The number of halogens is 1. The van der Waals surface area contributed by atoms with Crippen LogP contribution in [0.4, 0.5) is 0 Å². The average molecular weight is 357 g/mol. The van der Waals surface area contributed by atoms with Crippen molar-refractivity contribution in [1.29, 1.82) is 0 Å². The molecule has 3 aromatic rings. The van der Waals surface area contributed by atoms with Crippen LogP contribution in [0.5, 0.6) is 5.75 Å². The molecule has 0 aliphatic carbocycles. The van der Waals surface area contributed by atoms with Crippen LogP contribution < -0.4 is 4.74 Å². The Morgan fingerprint density at radius 3 is 2.64 bits per heavy atom. The number of ether oxygens (including phenoxy) is 2. The summed E-state index contributed by atoms with van der Waals surface area (Å²) in [6.07, 6.45) is 3.15. The highest BCUT2D eigenvalue weighted by Crippen LogP contribution is 2.16. The van der Waals surface area contributed by atoms with Crippen molar-refractivity contribution in [3.8, 4) is 5.75 Å². The van der Waals surface area contributed by atoms with Crippen molar-refractivity contribution in [1.82, 2.24) is 9.78 Å². The van der Waals surface area contributed by atoms with Crippen molar-refractivity contribution < 1.29 is 14.3 Å². The molecule has 2 aromatic carbocycles. The smallest absolute Gasteiger partial charge is 0.341 e. The number of hydrogen-bond donors (Lipinski definition) is 0. The number of carbonyl (C=O) groups excluding carboxylic acids is 1. The summed E-state index contributed by atoms with van der Waals surface area (Å²) in [7, 11) is 1.61. The van der Waals surface area contributed by atoms with Gasteiger partial charge in [0.15, 0.2) is 0 Å². The van der Waals surface area contributed by atoms with E-state index in [0.29, 0.717) is 17.1 Å². The average Bonchev–Trinajstić information content (AvgIpc) is 3.11. The van der Waals surface area contributed by atoms with Crippen LogP contribution in [-0.4, -0.2) is 22.9 Å². The fourth-order valence-electron chi connectivity index (χ4n) is 2.31. The minimum atomic E-state index is -0.416. The predicted octanol–water partition coefficient (Wildman–Crippen LogP) is 3.95. The molecular weight excluding hydrogens is 340 g/mol. The van der Waals surface area contributed by atoms with Gasteiger partial charge in [-0.25, -0.2) is 4.79 Å². The maximum Gasteiger partial charge on any atom is 0.341 e. The van der Waals surface area contributed by atoms with E-state index in [4.69, 9.17) is 21.1 Å². The molecule has 5 nitrogen and oxygen atoms in total. The first-order valence-corrected chi connectivity index (χ1v) is 8.09. The first kappa shape index (κ1) is 17.0. The van der Waals surface area contributed by atoms with Crippen molar-refractivity contribution >= 4 is 17.6 Å². The lowest BCUT2D eigenvalue weighted by molar-refractivity contribution is 0.0472. The Morgan fingerprint density at radius 1 is 1.16 bits per heavy atom. The van der Waals surface area contributed by atoms with E-state index in [1.54, 1.807) is 18.0 Å². The van der Waals surface area contributed by atoms with Gasteiger partial charge in [-0.3, -0.25) is 4.68 Å². The molecule has 0 amide bonds. The van der Waals surface area contributed by atoms with E-state index in [1.165, 1.54) is 6.20 Å². The fraction of sp³-hybridized carbons (Fsp3) is 0.158. The third kappa shape index (κ3) is 4.39. The summed E-state index contributed by atoms with van der Waals surface area (Å²) in [5.41, 5.74) is 2.23. The Hall–Kier alpha value is -2.79. The second-order valence-electron chi connectivity index (χ2n) is 5.44. The molecule has 0 spiro atoms. The van der Waals surface area contributed by atoms with Crippen LogP contribution in [0.15, 0.2) is 60.9 Å². The zero-order valence-electron chi connectivity index (χ0n) is 13.7. The quantitative estimate of drug-likeness (QED) is 0.627. The second kappa shape index (κ2) is 7.85. The second-order valence-corrected chi connectivity index (χ2v) is 5.85. The summed E-state index contributed by atoms with van der Waals surface area (Å²) >= 11 is 6.14. The van der Waals surface area contributed by atoms with Gasteiger partial charge < -0.3 is 9.47 Å². The lowest BCUT2D eigenvalue weighted by Gasteiger charge is -2.05. The number of methoxy groups -OCH3 is 1. The lowest BCUT2D eigenvalue weighted by Crippen LogP contribution is -2.05. The minimum absolute atomic E-state index is 0.193. The Balaban J connectivity index is 1.59. The molecule has 0 radical (unpaired) electrons. The van der Waals surface area contributed by atoms with Gasteiger partial charge in [-0.2, -0.15) is 5.10 Å². The van der Waals surface area contributed by atoms with E-state index in [-0.39, 0.29) is 6.61 Å².